The molecule has 1 N–H and O–H groups in total. The van der Waals surface area contributed by atoms with Gasteiger partial charge in [0.05, 0.1) is 6.04 Å². The molecule has 2 aromatic carbocycles. The molecule has 0 saturated carbocycles. The van der Waals surface area contributed by atoms with Gasteiger partial charge in [-0.3, -0.25) is 9.69 Å². The average Bonchev–Trinajstić information content (AvgIpc) is 2.70. The topological polar surface area (TPSA) is 35.6 Å². The summed E-state index contributed by atoms with van der Waals surface area (Å²) in [6.07, 6.45) is 1.02. The Morgan fingerprint density at radius 1 is 1.04 bits per heavy atom. The molecule has 0 aromatic heterocycles. The van der Waals surface area contributed by atoms with Crippen LogP contribution in [0.25, 0.3) is 0 Å². The minimum absolute atomic E-state index is 0.209. The fourth-order valence-electron chi connectivity index (χ4n) is 3.29. The highest BCUT2D eigenvalue weighted by Crippen LogP contribution is 2.15. The van der Waals surface area contributed by atoms with E-state index in [1.54, 1.807) is 0 Å². The van der Waals surface area contributed by atoms with Crippen LogP contribution in [0.5, 0.6) is 0 Å². The first-order valence-corrected chi connectivity index (χ1v) is 9.29. The second-order valence-electron chi connectivity index (χ2n) is 6.91. The number of halogens is 2. The largest absolute Gasteiger partial charge is 0.325 e. The van der Waals surface area contributed by atoms with E-state index in [-0.39, 0.29) is 17.6 Å². The third-order valence-corrected chi connectivity index (χ3v) is 5.08. The van der Waals surface area contributed by atoms with Gasteiger partial charge in [0, 0.05) is 44.5 Å². The number of anilines is 1. The SMILES string of the molecule is C[C@@H](C(=O)Nc1ccc(F)c(F)c1)N1CCN(CCc2ccccc2)CC1. The second-order valence-corrected chi connectivity index (χ2v) is 6.91. The highest BCUT2D eigenvalue weighted by Gasteiger charge is 2.25. The Morgan fingerprint density at radius 2 is 1.74 bits per heavy atom. The van der Waals surface area contributed by atoms with Crippen LogP contribution in [0.2, 0.25) is 0 Å². The van der Waals surface area contributed by atoms with Crippen LogP contribution >= 0.6 is 0 Å². The van der Waals surface area contributed by atoms with E-state index in [0.717, 1.165) is 51.3 Å². The molecule has 1 fully saturated rings. The van der Waals surface area contributed by atoms with E-state index in [4.69, 9.17) is 0 Å². The smallest absolute Gasteiger partial charge is 0.241 e. The summed E-state index contributed by atoms with van der Waals surface area (Å²) in [7, 11) is 0. The zero-order valence-electron chi connectivity index (χ0n) is 15.5. The van der Waals surface area contributed by atoms with Crippen LogP contribution in [0.3, 0.4) is 0 Å². The Kier molecular flexibility index (Phi) is 6.53. The van der Waals surface area contributed by atoms with Crippen LogP contribution in [0, 0.1) is 11.6 Å². The lowest BCUT2D eigenvalue weighted by Crippen LogP contribution is -2.53. The van der Waals surface area contributed by atoms with Crippen molar-refractivity contribution in [3.63, 3.8) is 0 Å². The van der Waals surface area contributed by atoms with Gasteiger partial charge in [0.25, 0.3) is 0 Å². The monoisotopic (exact) mass is 373 g/mol. The van der Waals surface area contributed by atoms with E-state index < -0.39 is 11.6 Å². The number of amides is 1. The summed E-state index contributed by atoms with van der Waals surface area (Å²) in [5.74, 6) is -2.10. The van der Waals surface area contributed by atoms with Crippen molar-refractivity contribution < 1.29 is 13.6 Å². The Morgan fingerprint density at radius 3 is 2.41 bits per heavy atom. The number of hydrogen-bond acceptors (Lipinski definition) is 3. The Balaban J connectivity index is 1.45. The van der Waals surface area contributed by atoms with Crippen molar-refractivity contribution in [2.75, 3.05) is 38.0 Å². The highest BCUT2D eigenvalue weighted by molar-refractivity contribution is 5.94. The molecule has 1 atom stereocenters. The molecule has 4 nitrogen and oxygen atoms in total. The molecule has 0 spiro atoms. The number of nitrogens with one attached hydrogen (secondary N) is 1. The second kappa shape index (κ2) is 9.06. The van der Waals surface area contributed by atoms with E-state index in [2.05, 4.69) is 39.4 Å². The number of carbonyl (C=O) groups excluding carboxylic acids is 1. The molecular formula is C21H25F2N3O. The third kappa shape index (κ3) is 5.34. The predicted octanol–water partition coefficient (Wildman–Crippen LogP) is 3.15. The van der Waals surface area contributed by atoms with Crippen molar-refractivity contribution >= 4 is 11.6 Å². The maximum absolute atomic E-state index is 13.3. The maximum atomic E-state index is 13.3. The Hall–Kier alpha value is -2.31. The van der Waals surface area contributed by atoms with Gasteiger partial charge < -0.3 is 10.2 Å². The van der Waals surface area contributed by atoms with E-state index in [1.807, 2.05) is 13.0 Å². The van der Waals surface area contributed by atoms with Crippen LogP contribution in [-0.2, 0) is 11.2 Å². The lowest BCUT2D eigenvalue weighted by molar-refractivity contribution is -0.121. The highest BCUT2D eigenvalue weighted by atomic mass is 19.2. The zero-order chi connectivity index (χ0) is 19.2. The van der Waals surface area contributed by atoms with Crippen LogP contribution in [0.1, 0.15) is 12.5 Å². The number of benzene rings is 2. The molecule has 0 aliphatic carbocycles. The van der Waals surface area contributed by atoms with Gasteiger partial charge in [0.15, 0.2) is 11.6 Å². The lowest BCUT2D eigenvalue weighted by Gasteiger charge is -2.37. The van der Waals surface area contributed by atoms with Crippen molar-refractivity contribution in [2.45, 2.75) is 19.4 Å². The predicted molar refractivity (Wildman–Crippen MR) is 103 cm³/mol. The molecule has 2 aromatic rings. The summed E-state index contributed by atoms with van der Waals surface area (Å²) < 4.78 is 26.3. The third-order valence-electron chi connectivity index (χ3n) is 5.08. The number of hydrogen-bond donors (Lipinski definition) is 1. The average molecular weight is 373 g/mol. The number of piperazine rings is 1. The van der Waals surface area contributed by atoms with Crippen molar-refractivity contribution in [2.24, 2.45) is 0 Å². The van der Waals surface area contributed by atoms with Gasteiger partial charge in [-0.2, -0.15) is 0 Å². The fourth-order valence-corrected chi connectivity index (χ4v) is 3.29. The molecule has 0 radical (unpaired) electrons. The summed E-state index contributed by atoms with van der Waals surface area (Å²) in [5, 5.41) is 2.66. The van der Waals surface area contributed by atoms with Crippen molar-refractivity contribution in [3.05, 3.63) is 65.7 Å². The van der Waals surface area contributed by atoms with Crippen LogP contribution in [0.15, 0.2) is 48.5 Å². The van der Waals surface area contributed by atoms with Gasteiger partial charge >= 0.3 is 0 Å². The molecule has 0 unspecified atom stereocenters. The zero-order valence-corrected chi connectivity index (χ0v) is 15.5. The summed E-state index contributed by atoms with van der Waals surface area (Å²) in [4.78, 5) is 16.9. The first kappa shape index (κ1) is 19.5. The molecule has 1 aliphatic heterocycles. The van der Waals surface area contributed by atoms with Gasteiger partial charge in [0.1, 0.15) is 0 Å². The van der Waals surface area contributed by atoms with E-state index in [9.17, 15) is 13.6 Å². The van der Waals surface area contributed by atoms with Crippen molar-refractivity contribution in [1.82, 2.24) is 9.80 Å². The molecule has 1 saturated heterocycles. The minimum Gasteiger partial charge on any atom is -0.325 e. The van der Waals surface area contributed by atoms with Crippen LogP contribution < -0.4 is 5.32 Å². The van der Waals surface area contributed by atoms with Gasteiger partial charge in [0.2, 0.25) is 5.91 Å². The van der Waals surface area contributed by atoms with Crippen LogP contribution in [-0.4, -0.2) is 54.5 Å². The van der Waals surface area contributed by atoms with E-state index >= 15 is 0 Å². The summed E-state index contributed by atoms with van der Waals surface area (Å²) in [5.41, 5.74) is 1.60. The number of carbonyl (C=O) groups is 1. The summed E-state index contributed by atoms with van der Waals surface area (Å²) in [6, 6.07) is 13.5. The summed E-state index contributed by atoms with van der Waals surface area (Å²) in [6.45, 7) is 6.29. The molecule has 144 valence electrons. The number of rotatable bonds is 6. The van der Waals surface area contributed by atoms with Gasteiger partial charge in [-0.1, -0.05) is 30.3 Å². The van der Waals surface area contributed by atoms with Gasteiger partial charge in [-0.05, 0) is 31.0 Å². The molecule has 1 amide bonds. The number of nitrogens with zero attached hydrogens (tertiary/aromatic N) is 2. The Labute approximate surface area is 158 Å². The standard InChI is InChI=1S/C21H25F2N3O/c1-16(21(27)24-18-7-8-19(22)20(23)15-18)26-13-11-25(12-14-26)10-9-17-5-3-2-4-6-17/h2-8,15-16H,9-14H2,1H3,(H,24,27)/t16-/m0/s1. The van der Waals surface area contributed by atoms with Gasteiger partial charge in [-0.15, -0.1) is 0 Å². The first-order chi connectivity index (χ1) is 13.0. The first-order valence-electron chi connectivity index (χ1n) is 9.29. The molecule has 27 heavy (non-hydrogen) atoms. The molecule has 0 bridgehead atoms. The van der Waals surface area contributed by atoms with Crippen molar-refractivity contribution in [3.8, 4) is 0 Å². The molecule has 1 heterocycles. The molecule has 3 rings (SSSR count). The van der Waals surface area contributed by atoms with Gasteiger partial charge in [-0.25, -0.2) is 8.78 Å². The normalized spacial score (nSPS) is 16.9. The molecule has 1 aliphatic rings. The lowest BCUT2D eigenvalue weighted by atomic mass is 10.1. The van der Waals surface area contributed by atoms with E-state index in [0.29, 0.717) is 0 Å². The maximum Gasteiger partial charge on any atom is 0.241 e. The van der Waals surface area contributed by atoms with E-state index in [1.165, 1.54) is 11.6 Å². The summed E-state index contributed by atoms with van der Waals surface area (Å²) >= 11 is 0. The quantitative estimate of drug-likeness (QED) is 0.845. The molecule has 6 heteroatoms. The Bertz CT molecular complexity index is 761. The fraction of sp³-hybridized carbons (Fsp3) is 0.381. The van der Waals surface area contributed by atoms with Crippen LogP contribution in [0.4, 0.5) is 14.5 Å². The minimum atomic E-state index is -0.965. The van der Waals surface area contributed by atoms with Crippen molar-refractivity contribution in [1.29, 1.82) is 0 Å². The molecular weight excluding hydrogens is 348 g/mol.